The molecule has 22 heavy (non-hydrogen) atoms. The molecule has 1 heterocycles. The van der Waals surface area contributed by atoms with Crippen LogP contribution in [-0.4, -0.2) is 43.6 Å². The molecule has 1 aliphatic rings. The molecule has 1 fully saturated rings. The third-order valence-corrected chi connectivity index (χ3v) is 3.95. The normalized spacial score (nSPS) is 16.9. The monoisotopic (exact) mass is 346 g/mol. The summed E-state index contributed by atoms with van der Waals surface area (Å²) >= 11 is 5.89. The van der Waals surface area contributed by atoms with Gasteiger partial charge in [-0.25, -0.2) is 0 Å². The third kappa shape index (κ3) is 6.42. The van der Waals surface area contributed by atoms with Gasteiger partial charge in [-0.1, -0.05) is 17.7 Å². The van der Waals surface area contributed by atoms with E-state index in [0.717, 1.165) is 25.1 Å². The Balaban J connectivity index is 0.00000242. The molecule has 6 heteroatoms. The van der Waals surface area contributed by atoms with E-state index >= 15 is 0 Å². The maximum Gasteiger partial charge on any atom is 0.223 e. The van der Waals surface area contributed by atoms with E-state index in [1.807, 2.05) is 25.2 Å². The molecule has 0 saturated carbocycles. The number of benzene rings is 1. The molecular formula is C16H24Cl2N2O2. The molecule has 1 aliphatic heterocycles. The van der Waals surface area contributed by atoms with Crippen LogP contribution in [0.15, 0.2) is 24.3 Å². The molecule has 1 unspecified atom stereocenters. The first-order chi connectivity index (χ1) is 10.1. The zero-order chi connectivity index (χ0) is 15.1. The van der Waals surface area contributed by atoms with Crippen LogP contribution in [0.25, 0.3) is 0 Å². The van der Waals surface area contributed by atoms with E-state index in [0.29, 0.717) is 30.6 Å². The van der Waals surface area contributed by atoms with E-state index in [-0.39, 0.29) is 18.3 Å². The summed E-state index contributed by atoms with van der Waals surface area (Å²) in [5.74, 6) is 0.976. The first-order valence-corrected chi connectivity index (χ1v) is 7.88. The highest BCUT2D eigenvalue weighted by atomic mass is 35.5. The Labute approximate surface area is 143 Å². The van der Waals surface area contributed by atoms with Gasteiger partial charge in [0.05, 0.1) is 6.61 Å². The van der Waals surface area contributed by atoms with Crippen LogP contribution in [-0.2, 0) is 4.79 Å². The predicted molar refractivity (Wildman–Crippen MR) is 92.1 cm³/mol. The van der Waals surface area contributed by atoms with Gasteiger partial charge in [-0.05, 0) is 44.0 Å². The SMILES string of the molecule is CN(CCCOc1cccc(Cl)c1)C(=O)CC1CCCN1.Cl. The quantitative estimate of drug-likeness (QED) is 0.771. The minimum atomic E-state index is 0. The molecule has 4 nitrogen and oxygen atoms in total. The summed E-state index contributed by atoms with van der Waals surface area (Å²) in [5, 5.41) is 4.02. The van der Waals surface area contributed by atoms with E-state index in [9.17, 15) is 4.79 Å². The lowest BCUT2D eigenvalue weighted by Crippen LogP contribution is -2.34. The van der Waals surface area contributed by atoms with E-state index in [2.05, 4.69) is 5.32 Å². The average molecular weight is 347 g/mol. The molecule has 1 aromatic rings. The van der Waals surface area contributed by atoms with Crippen molar-refractivity contribution in [2.75, 3.05) is 26.7 Å². The molecular weight excluding hydrogens is 323 g/mol. The Morgan fingerprint density at radius 2 is 2.32 bits per heavy atom. The van der Waals surface area contributed by atoms with Gasteiger partial charge in [-0.15, -0.1) is 12.4 Å². The first kappa shape index (κ1) is 19.1. The van der Waals surface area contributed by atoms with Crippen LogP contribution in [0.1, 0.15) is 25.7 Å². The van der Waals surface area contributed by atoms with Crippen molar-refractivity contribution in [1.82, 2.24) is 10.2 Å². The predicted octanol–water partition coefficient (Wildman–Crippen LogP) is 3.13. The summed E-state index contributed by atoms with van der Waals surface area (Å²) in [6.07, 6.45) is 3.70. The molecule has 1 saturated heterocycles. The molecule has 124 valence electrons. The zero-order valence-corrected chi connectivity index (χ0v) is 14.5. The van der Waals surface area contributed by atoms with Gasteiger partial charge >= 0.3 is 0 Å². The van der Waals surface area contributed by atoms with Crippen LogP contribution < -0.4 is 10.1 Å². The van der Waals surface area contributed by atoms with Crippen molar-refractivity contribution >= 4 is 29.9 Å². The van der Waals surface area contributed by atoms with Crippen molar-refractivity contribution in [1.29, 1.82) is 0 Å². The van der Waals surface area contributed by atoms with Crippen molar-refractivity contribution in [2.24, 2.45) is 0 Å². The maximum atomic E-state index is 12.0. The lowest BCUT2D eigenvalue weighted by Gasteiger charge is -2.19. The molecule has 0 aromatic heterocycles. The minimum absolute atomic E-state index is 0. The van der Waals surface area contributed by atoms with Crippen molar-refractivity contribution < 1.29 is 9.53 Å². The lowest BCUT2D eigenvalue weighted by atomic mass is 10.1. The minimum Gasteiger partial charge on any atom is -0.493 e. The molecule has 0 bridgehead atoms. The largest absolute Gasteiger partial charge is 0.493 e. The van der Waals surface area contributed by atoms with Crippen LogP contribution in [0.5, 0.6) is 5.75 Å². The van der Waals surface area contributed by atoms with Gasteiger partial charge in [0.25, 0.3) is 0 Å². The van der Waals surface area contributed by atoms with Crippen LogP contribution in [0.2, 0.25) is 5.02 Å². The van der Waals surface area contributed by atoms with Crippen molar-refractivity contribution in [3.63, 3.8) is 0 Å². The van der Waals surface area contributed by atoms with Gasteiger partial charge in [0.2, 0.25) is 5.91 Å². The topological polar surface area (TPSA) is 41.6 Å². The van der Waals surface area contributed by atoms with Crippen LogP contribution >= 0.6 is 24.0 Å². The van der Waals surface area contributed by atoms with Gasteiger partial charge in [0.1, 0.15) is 5.75 Å². The van der Waals surface area contributed by atoms with Gasteiger partial charge in [0, 0.05) is 31.1 Å². The molecule has 0 radical (unpaired) electrons. The number of amides is 1. The second kappa shape index (κ2) is 9.93. The van der Waals surface area contributed by atoms with Crippen molar-refractivity contribution in [3.05, 3.63) is 29.3 Å². The summed E-state index contributed by atoms with van der Waals surface area (Å²) in [6, 6.07) is 7.72. The second-order valence-electron chi connectivity index (χ2n) is 5.47. The summed E-state index contributed by atoms with van der Waals surface area (Å²) in [6.45, 7) is 2.33. The molecule has 1 N–H and O–H groups in total. The second-order valence-corrected chi connectivity index (χ2v) is 5.91. The van der Waals surface area contributed by atoms with Gasteiger partial charge < -0.3 is 15.0 Å². The highest BCUT2D eigenvalue weighted by Gasteiger charge is 2.19. The van der Waals surface area contributed by atoms with E-state index in [1.165, 1.54) is 6.42 Å². The highest BCUT2D eigenvalue weighted by Crippen LogP contribution is 2.17. The Hall–Kier alpha value is -0.970. The summed E-state index contributed by atoms with van der Waals surface area (Å²) in [5.41, 5.74) is 0. The molecule has 1 aromatic carbocycles. The van der Waals surface area contributed by atoms with Crippen LogP contribution in [0, 0.1) is 0 Å². The fourth-order valence-electron chi connectivity index (χ4n) is 2.47. The summed E-state index contributed by atoms with van der Waals surface area (Å²) in [4.78, 5) is 13.8. The van der Waals surface area contributed by atoms with Gasteiger partial charge in [-0.2, -0.15) is 0 Å². The van der Waals surface area contributed by atoms with Crippen LogP contribution in [0.3, 0.4) is 0 Å². The molecule has 1 atom stereocenters. The van der Waals surface area contributed by atoms with E-state index < -0.39 is 0 Å². The van der Waals surface area contributed by atoms with Crippen molar-refractivity contribution in [2.45, 2.75) is 31.7 Å². The van der Waals surface area contributed by atoms with E-state index in [1.54, 1.807) is 11.0 Å². The van der Waals surface area contributed by atoms with Gasteiger partial charge in [0.15, 0.2) is 0 Å². The number of nitrogens with one attached hydrogen (secondary N) is 1. The number of hydrogen-bond donors (Lipinski definition) is 1. The molecule has 0 aliphatic carbocycles. The molecule has 2 rings (SSSR count). The Bertz CT molecular complexity index is 465. The Kier molecular flexibility index (Phi) is 8.61. The number of carbonyl (C=O) groups excluding carboxylic acids is 1. The zero-order valence-electron chi connectivity index (χ0n) is 12.9. The number of halogens is 2. The van der Waals surface area contributed by atoms with Crippen LogP contribution in [0.4, 0.5) is 0 Å². The number of carbonyl (C=O) groups is 1. The number of hydrogen-bond acceptors (Lipinski definition) is 3. The summed E-state index contributed by atoms with van der Waals surface area (Å²) < 4.78 is 5.62. The fourth-order valence-corrected chi connectivity index (χ4v) is 2.65. The third-order valence-electron chi connectivity index (χ3n) is 3.71. The highest BCUT2D eigenvalue weighted by molar-refractivity contribution is 6.30. The Morgan fingerprint density at radius 1 is 1.50 bits per heavy atom. The first-order valence-electron chi connectivity index (χ1n) is 7.51. The van der Waals surface area contributed by atoms with E-state index in [4.69, 9.17) is 16.3 Å². The summed E-state index contributed by atoms with van der Waals surface area (Å²) in [7, 11) is 1.86. The standard InChI is InChI=1S/C16H23ClN2O2.ClH/c1-19(16(20)12-14-6-3-8-18-14)9-4-10-21-15-7-2-5-13(17)11-15;/h2,5,7,11,14,18H,3-4,6,8-10,12H2,1H3;1H. The maximum absolute atomic E-state index is 12.0. The number of ether oxygens (including phenoxy) is 1. The van der Waals surface area contributed by atoms with Gasteiger partial charge in [-0.3, -0.25) is 4.79 Å². The number of nitrogens with zero attached hydrogens (tertiary/aromatic N) is 1. The average Bonchev–Trinajstić information content (AvgIpc) is 2.96. The molecule has 0 spiro atoms. The van der Waals surface area contributed by atoms with Crippen molar-refractivity contribution in [3.8, 4) is 5.75 Å². The fraction of sp³-hybridized carbons (Fsp3) is 0.562. The number of rotatable bonds is 7. The Morgan fingerprint density at radius 3 is 3.00 bits per heavy atom. The molecule has 1 amide bonds. The lowest BCUT2D eigenvalue weighted by molar-refractivity contribution is -0.130. The smallest absolute Gasteiger partial charge is 0.223 e.